The minimum absolute atomic E-state index is 0.0292. The van der Waals surface area contributed by atoms with E-state index in [1.807, 2.05) is 38.1 Å². The Morgan fingerprint density at radius 2 is 2.00 bits per heavy atom. The van der Waals surface area contributed by atoms with Gasteiger partial charge in [0.05, 0.1) is 12.0 Å². The van der Waals surface area contributed by atoms with Gasteiger partial charge in [0, 0.05) is 18.1 Å². The molecule has 0 saturated carbocycles. The van der Waals surface area contributed by atoms with Crippen molar-refractivity contribution < 1.29 is 14.4 Å². The Morgan fingerprint density at radius 1 is 1.29 bits per heavy atom. The predicted octanol–water partition coefficient (Wildman–Crippen LogP) is 3.02. The normalized spacial score (nSPS) is 14.5. The molecule has 7 heteroatoms. The fraction of sp³-hybridized carbons (Fsp3) is 0.571. The van der Waals surface area contributed by atoms with Crippen LogP contribution in [0.15, 0.2) is 24.3 Å². The lowest BCUT2D eigenvalue weighted by Crippen LogP contribution is -2.48. The molecular weight excluding hydrogens is 378 g/mol. The number of rotatable bonds is 8. The van der Waals surface area contributed by atoms with E-state index in [1.54, 1.807) is 23.6 Å². The second-order valence-electron chi connectivity index (χ2n) is 7.99. The summed E-state index contributed by atoms with van der Waals surface area (Å²) in [7, 11) is 0. The zero-order chi connectivity index (χ0) is 20.9. The second kappa shape index (κ2) is 9.41. The van der Waals surface area contributed by atoms with Gasteiger partial charge in [0.15, 0.2) is 0 Å². The zero-order valence-electron chi connectivity index (χ0n) is 17.2. The summed E-state index contributed by atoms with van der Waals surface area (Å²) >= 11 is 5.95. The SMILES string of the molecule is CCCCN(CC(=O)N1CC(=O)N(c2cccc(C)c2)C1)C(=O)C(C)(C)CCl. The van der Waals surface area contributed by atoms with Crippen molar-refractivity contribution in [3.63, 3.8) is 0 Å². The van der Waals surface area contributed by atoms with Crippen LogP contribution in [0, 0.1) is 12.3 Å². The van der Waals surface area contributed by atoms with Gasteiger partial charge in [-0.15, -0.1) is 11.6 Å². The van der Waals surface area contributed by atoms with E-state index in [2.05, 4.69) is 0 Å². The van der Waals surface area contributed by atoms with E-state index in [-0.39, 0.29) is 43.4 Å². The first-order chi connectivity index (χ1) is 13.2. The molecule has 0 atom stereocenters. The van der Waals surface area contributed by atoms with Gasteiger partial charge in [-0.1, -0.05) is 25.5 Å². The number of benzene rings is 1. The number of alkyl halides is 1. The average Bonchev–Trinajstić information content (AvgIpc) is 3.06. The van der Waals surface area contributed by atoms with E-state index in [4.69, 9.17) is 11.6 Å². The van der Waals surface area contributed by atoms with Gasteiger partial charge in [-0.05, 0) is 44.9 Å². The number of carbonyl (C=O) groups is 3. The zero-order valence-corrected chi connectivity index (χ0v) is 18.0. The van der Waals surface area contributed by atoms with E-state index in [0.29, 0.717) is 6.54 Å². The van der Waals surface area contributed by atoms with Gasteiger partial charge in [-0.25, -0.2) is 0 Å². The summed E-state index contributed by atoms with van der Waals surface area (Å²) in [6, 6.07) is 7.63. The van der Waals surface area contributed by atoms with Crippen LogP contribution in [0.5, 0.6) is 0 Å². The van der Waals surface area contributed by atoms with Crippen molar-refractivity contribution in [3.05, 3.63) is 29.8 Å². The summed E-state index contributed by atoms with van der Waals surface area (Å²) in [5, 5.41) is 0. The molecule has 1 aliphatic rings. The summed E-state index contributed by atoms with van der Waals surface area (Å²) in [6.45, 7) is 8.27. The average molecular weight is 408 g/mol. The Morgan fingerprint density at radius 3 is 2.61 bits per heavy atom. The van der Waals surface area contributed by atoms with Crippen LogP contribution in [0.25, 0.3) is 0 Å². The van der Waals surface area contributed by atoms with Crippen molar-refractivity contribution in [1.29, 1.82) is 0 Å². The smallest absolute Gasteiger partial charge is 0.248 e. The van der Waals surface area contributed by atoms with Crippen LogP contribution in [0.2, 0.25) is 0 Å². The highest BCUT2D eigenvalue weighted by Crippen LogP contribution is 2.23. The molecule has 0 radical (unpaired) electrons. The van der Waals surface area contributed by atoms with Crippen LogP contribution in [0.3, 0.4) is 0 Å². The molecule has 1 aromatic carbocycles. The van der Waals surface area contributed by atoms with Gasteiger partial charge in [0.2, 0.25) is 17.7 Å². The number of anilines is 1. The van der Waals surface area contributed by atoms with Crippen LogP contribution in [0.1, 0.15) is 39.2 Å². The van der Waals surface area contributed by atoms with Gasteiger partial charge in [0.25, 0.3) is 0 Å². The highest BCUT2D eigenvalue weighted by molar-refractivity contribution is 6.19. The van der Waals surface area contributed by atoms with Crippen molar-refractivity contribution in [3.8, 4) is 0 Å². The lowest BCUT2D eigenvalue weighted by Gasteiger charge is -2.31. The van der Waals surface area contributed by atoms with Crippen molar-refractivity contribution in [1.82, 2.24) is 9.80 Å². The van der Waals surface area contributed by atoms with Crippen molar-refractivity contribution >= 4 is 35.0 Å². The topological polar surface area (TPSA) is 60.9 Å². The van der Waals surface area contributed by atoms with Crippen LogP contribution in [-0.4, -0.2) is 59.7 Å². The lowest BCUT2D eigenvalue weighted by molar-refractivity contribution is -0.145. The maximum Gasteiger partial charge on any atom is 0.248 e. The molecule has 0 spiro atoms. The van der Waals surface area contributed by atoms with Crippen LogP contribution in [-0.2, 0) is 14.4 Å². The minimum atomic E-state index is -0.732. The molecule has 1 heterocycles. The van der Waals surface area contributed by atoms with Crippen molar-refractivity contribution in [2.75, 3.05) is 37.1 Å². The largest absolute Gasteiger partial charge is 0.333 e. The molecule has 0 unspecified atom stereocenters. The van der Waals surface area contributed by atoms with E-state index in [1.165, 1.54) is 4.90 Å². The molecule has 2 rings (SSSR count). The number of hydrogen-bond acceptors (Lipinski definition) is 3. The molecule has 0 aliphatic carbocycles. The summed E-state index contributed by atoms with van der Waals surface area (Å²) in [5.74, 6) is -0.290. The standard InChI is InChI=1S/C21H30ClN3O3/c1-5-6-10-23(20(28)21(3,4)14-22)12-18(26)24-13-19(27)25(15-24)17-9-7-8-16(2)11-17/h7-9,11H,5-6,10,12-15H2,1-4H3. The lowest BCUT2D eigenvalue weighted by atomic mass is 9.94. The van der Waals surface area contributed by atoms with Gasteiger partial charge in [-0.3, -0.25) is 19.3 Å². The third kappa shape index (κ3) is 5.25. The quantitative estimate of drug-likeness (QED) is 0.622. The summed E-state index contributed by atoms with van der Waals surface area (Å²) in [4.78, 5) is 42.8. The third-order valence-electron chi connectivity index (χ3n) is 4.91. The maximum atomic E-state index is 12.8. The molecule has 0 bridgehead atoms. The monoisotopic (exact) mass is 407 g/mol. The Bertz CT molecular complexity index is 735. The number of aryl methyl sites for hydroxylation is 1. The first kappa shape index (κ1) is 22.2. The molecule has 154 valence electrons. The first-order valence-corrected chi connectivity index (χ1v) is 10.2. The molecular formula is C21H30ClN3O3. The van der Waals surface area contributed by atoms with Crippen LogP contribution < -0.4 is 4.90 Å². The Labute approximate surface area is 172 Å². The number of nitrogens with zero attached hydrogens (tertiary/aromatic N) is 3. The number of amides is 3. The van der Waals surface area contributed by atoms with Crippen LogP contribution >= 0.6 is 11.6 Å². The fourth-order valence-corrected chi connectivity index (χ4v) is 3.20. The summed E-state index contributed by atoms with van der Waals surface area (Å²) in [6.07, 6.45) is 1.73. The molecule has 1 fully saturated rings. The highest BCUT2D eigenvalue weighted by atomic mass is 35.5. The Balaban J connectivity index is 2.09. The molecule has 1 saturated heterocycles. The third-order valence-corrected chi connectivity index (χ3v) is 5.58. The van der Waals surface area contributed by atoms with Gasteiger partial charge in [-0.2, -0.15) is 0 Å². The molecule has 1 aromatic rings. The van der Waals surface area contributed by atoms with E-state index >= 15 is 0 Å². The van der Waals surface area contributed by atoms with Gasteiger partial charge < -0.3 is 9.80 Å². The van der Waals surface area contributed by atoms with E-state index < -0.39 is 5.41 Å². The van der Waals surface area contributed by atoms with E-state index in [0.717, 1.165) is 24.1 Å². The minimum Gasteiger partial charge on any atom is -0.333 e. The first-order valence-electron chi connectivity index (χ1n) is 9.69. The van der Waals surface area contributed by atoms with Gasteiger partial charge in [0.1, 0.15) is 13.2 Å². The molecule has 0 aromatic heterocycles. The number of halogens is 1. The summed E-state index contributed by atoms with van der Waals surface area (Å²) < 4.78 is 0. The maximum absolute atomic E-state index is 12.8. The summed E-state index contributed by atoms with van der Waals surface area (Å²) in [5.41, 5.74) is 1.10. The molecule has 0 N–H and O–H groups in total. The van der Waals surface area contributed by atoms with Crippen molar-refractivity contribution in [2.24, 2.45) is 5.41 Å². The second-order valence-corrected chi connectivity index (χ2v) is 8.26. The Hall–Kier alpha value is -2.08. The fourth-order valence-electron chi connectivity index (χ4n) is 3.09. The molecule has 6 nitrogen and oxygen atoms in total. The Kier molecular flexibility index (Phi) is 7.47. The van der Waals surface area contributed by atoms with E-state index in [9.17, 15) is 14.4 Å². The number of unbranched alkanes of at least 4 members (excludes halogenated alkanes) is 1. The van der Waals surface area contributed by atoms with Crippen LogP contribution in [0.4, 0.5) is 5.69 Å². The van der Waals surface area contributed by atoms with Crippen molar-refractivity contribution in [2.45, 2.75) is 40.5 Å². The number of carbonyl (C=O) groups excluding carboxylic acids is 3. The van der Waals surface area contributed by atoms with Gasteiger partial charge >= 0.3 is 0 Å². The predicted molar refractivity (Wildman–Crippen MR) is 111 cm³/mol. The molecule has 1 aliphatic heterocycles. The number of hydrogen-bond donors (Lipinski definition) is 0. The highest BCUT2D eigenvalue weighted by Gasteiger charge is 2.36. The molecule has 28 heavy (non-hydrogen) atoms. The molecule has 3 amide bonds.